The third-order valence-electron chi connectivity index (χ3n) is 5.19. The van der Waals surface area contributed by atoms with Crippen LogP contribution in [0.2, 0.25) is 0 Å². The van der Waals surface area contributed by atoms with Gasteiger partial charge in [-0.05, 0) is 66.9 Å². The fraction of sp³-hybridized carbons (Fsp3) is 0.308. The summed E-state index contributed by atoms with van der Waals surface area (Å²) in [7, 11) is 0. The van der Waals surface area contributed by atoms with Crippen molar-refractivity contribution in [1.82, 2.24) is 5.01 Å². The van der Waals surface area contributed by atoms with Crippen molar-refractivity contribution in [2.45, 2.75) is 34.1 Å². The molecule has 2 aromatic rings. The van der Waals surface area contributed by atoms with Gasteiger partial charge in [0.1, 0.15) is 29.8 Å². The average Bonchev–Trinajstić information content (AvgIpc) is 3.17. The van der Waals surface area contributed by atoms with Crippen LogP contribution in [0, 0.1) is 25.2 Å². The topological polar surface area (TPSA) is 87.3 Å². The van der Waals surface area contributed by atoms with Gasteiger partial charge in [-0.2, -0.15) is 15.1 Å². The summed E-state index contributed by atoms with van der Waals surface area (Å²) in [6.45, 7) is 9.09. The number of nitrogens with one attached hydrogen (secondary N) is 1. The number of fused-ring (bicyclic) bond motifs is 1. The zero-order valence-corrected chi connectivity index (χ0v) is 20.6. The maximum atomic E-state index is 12.6. The molecular weight excluding hydrogens is 448 g/mol. The van der Waals surface area contributed by atoms with E-state index in [-0.39, 0.29) is 11.4 Å². The molecule has 0 fully saturated rings. The Morgan fingerprint density at radius 3 is 2.68 bits per heavy atom. The number of aliphatic imine (C=N–C) groups is 1. The van der Waals surface area contributed by atoms with E-state index in [0.717, 1.165) is 28.3 Å². The van der Waals surface area contributed by atoms with Crippen molar-refractivity contribution in [1.29, 1.82) is 5.41 Å². The standard InChI is InChI=1S/C26H28N4O3S/c1-16(2)12-23-29-30-24(27)21(25(31)28-26(30)34-23)15-19-6-5-7-20(14-19)32-10-11-33-22-9-8-17(3)13-18(22)4/h5-9,13-16,27H,10-12H2,1-4H3/b21-15+,27-24?. The fourth-order valence-electron chi connectivity index (χ4n) is 3.60. The van der Waals surface area contributed by atoms with Crippen molar-refractivity contribution in [3.05, 3.63) is 64.7 Å². The minimum absolute atomic E-state index is 0.0365. The summed E-state index contributed by atoms with van der Waals surface area (Å²) >= 11 is 1.36. The number of hydrazone groups is 1. The summed E-state index contributed by atoms with van der Waals surface area (Å²) < 4.78 is 11.7. The van der Waals surface area contributed by atoms with Crippen molar-refractivity contribution in [2.24, 2.45) is 16.0 Å². The third-order valence-corrected chi connectivity index (χ3v) is 6.12. The lowest BCUT2D eigenvalue weighted by molar-refractivity contribution is -0.114. The molecule has 2 heterocycles. The van der Waals surface area contributed by atoms with E-state index in [4.69, 9.17) is 14.9 Å². The number of amidine groups is 2. The largest absolute Gasteiger partial charge is 0.490 e. The summed E-state index contributed by atoms with van der Waals surface area (Å²) in [6.07, 6.45) is 2.44. The molecule has 2 aromatic carbocycles. The lowest BCUT2D eigenvalue weighted by Gasteiger charge is -2.20. The first-order valence-corrected chi connectivity index (χ1v) is 12.0. The van der Waals surface area contributed by atoms with Gasteiger partial charge in [-0.1, -0.05) is 43.7 Å². The normalized spacial score (nSPS) is 16.6. The molecule has 0 saturated heterocycles. The van der Waals surface area contributed by atoms with E-state index in [1.165, 1.54) is 22.3 Å². The Balaban J connectivity index is 1.40. The first-order chi connectivity index (χ1) is 16.3. The zero-order valence-electron chi connectivity index (χ0n) is 19.8. The molecule has 4 rings (SSSR count). The second-order valence-corrected chi connectivity index (χ2v) is 9.69. The number of thioether (sulfide) groups is 1. The second-order valence-electron chi connectivity index (χ2n) is 8.65. The highest BCUT2D eigenvalue weighted by atomic mass is 32.2. The van der Waals surface area contributed by atoms with Crippen LogP contribution in [0.4, 0.5) is 0 Å². The molecule has 0 aliphatic carbocycles. The minimum atomic E-state index is -0.432. The number of nitrogens with zero attached hydrogens (tertiary/aromatic N) is 3. The smallest absolute Gasteiger partial charge is 0.283 e. The molecule has 0 unspecified atom stereocenters. The number of hydrogen-bond donors (Lipinski definition) is 1. The first-order valence-electron chi connectivity index (χ1n) is 11.2. The predicted octanol–water partition coefficient (Wildman–Crippen LogP) is 5.43. The van der Waals surface area contributed by atoms with E-state index in [1.807, 2.05) is 43.3 Å². The van der Waals surface area contributed by atoms with Crippen molar-refractivity contribution in [3.8, 4) is 11.5 Å². The SMILES string of the molecule is Cc1ccc(OCCOc2cccc(/C=C3\C(=N)N4N=C(CC(C)C)SC4=NC3=O)c2)c(C)c1. The highest BCUT2D eigenvalue weighted by Gasteiger charge is 2.35. The minimum Gasteiger partial charge on any atom is -0.490 e. The summed E-state index contributed by atoms with van der Waals surface area (Å²) in [4.78, 5) is 16.8. The van der Waals surface area contributed by atoms with Crippen molar-refractivity contribution in [2.75, 3.05) is 13.2 Å². The molecule has 34 heavy (non-hydrogen) atoms. The van der Waals surface area contributed by atoms with Crippen molar-refractivity contribution in [3.63, 3.8) is 0 Å². The number of ether oxygens (including phenoxy) is 2. The van der Waals surface area contributed by atoms with Gasteiger partial charge in [-0.15, -0.1) is 0 Å². The van der Waals surface area contributed by atoms with Crippen LogP contribution in [-0.2, 0) is 4.79 Å². The fourth-order valence-corrected chi connectivity index (χ4v) is 4.69. The number of rotatable bonds is 8. The van der Waals surface area contributed by atoms with Gasteiger partial charge in [0.15, 0.2) is 5.84 Å². The van der Waals surface area contributed by atoms with E-state index >= 15 is 0 Å². The highest BCUT2D eigenvalue weighted by Crippen LogP contribution is 2.30. The van der Waals surface area contributed by atoms with Crippen LogP contribution in [0.5, 0.6) is 11.5 Å². The lowest BCUT2D eigenvalue weighted by atomic mass is 10.1. The van der Waals surface area contributed by atoms with E-state index < -0.39 is 5.91 Å². The molecule has 0 aromatic heterocycles. The molecule has 0 saturated carbocycles. The number of aryl methyl sites for hydroxylation is 2. The van der Waals surface area contributed by atoms with Gasteiger partial charge >= 0.3 is 0 Å². The number of hydrogen-bond acceptors (Lipinski definition) is 6. The quantitative estimate of drug-likeness (QED) is 0.406. The molecular formula is C26H28N4O3S. The molecule has 2 aliphatic rings. The Bertz CT molecular complexity index is 1220. The molecule has 176 valence electrons. The molecule has 1 amide bonds. The number of carbonyl (C=O) groups excluding carboxylic acids is 1. The van der Waals surface area contributed by atoms with Crippen LogP contribution >= 0.6 is 11.8 Å². The van der Waals surface area contributed by atoms with Gasteiger partial charge in [0.25, 0.3) is 5.91 Å². The molecule has 8 heteroatoms. The van der Waals surface area contributed by atoms with Crippen LogP contribution in [0.15, 0.2) is 58.1 Å². The van der Waals surface area contributed by atoms with Crippen molar-refractivity contribution < 1.29 is 14.3 Å². The summed E-state index contributed by atoms with van der Waals surface area (Å²) in [5.74, 6) is 1.54. The maximum absolute atomic E-state index is 12.6. The summed E-state index contributed by atoms with van der Waals surface area (Å²) in [5, 5.41) is 15.8. The molecule has 7 nitrogen and oxygen atoms in total. The molecule has 0 radical (unpaired) electrons. The predicted molar refractivity (Wildman–Crippen MR) is 138 cm³/mol. The van der Waals surface area contributed by atoms with Crippen molar-refractivity contribution >= 4 is 39.8 Å². The molecule has 1 N–H and O–H groups in total. The Labute approximate surface area is 204 Å². The van der Waals surface area contributed by atoms with Crippen LogP contribution in [0.3, 0.4) is 0 Å². The van der Waals surface area contributed by atoms with E-state index in [0.29, 0.717) is 30.0 Å². The third kappa shape index (κ3) is 5.56. The molecule has 2 aliphatic heterocycles. The molecule has 0 atom stereocenters. The molecule has 0 bridgehead atoms. The Morgan fingerprint density at radius 2 is 1.91 bits per heavy atom. The van der Waals surface area contributed by atoms with Gasteiger partial charge in [-0.3, -0.25) is 10.2 Å². The maximum Gasteiger partial charge on any atom is 0.283 e. The number of amides is 1. The average molecular weight is 477 g/mol. The number of benzene rings is 2. The summed E-state index contributed by atoms with van der Waals surface area (Å²) in [5.41, 5.74) is 3.24. The highest BCUT2D eigenvalue weighted by molar-refractivity contribution is 8.26. The van der Waals surface area contributed by atoms with Gasteiger partial charge in [0, 0.05) is 6.42 Å². The van der Waals surface area contributed by atoms with Gasteiger partial charge in [0.05, 0.1) is 5.57 Å². The van der Waals surface area contributed by atoms with Gasteiger partial charge in [0.2, 0.25) is 5.17 Å². The van der Waals surface area contributed by atoms with E-state index in [2.05, 4.69) is 36.9 Å². The monoisotopic (exact) mass is 476 g/mol. The second kappa shape index (κ2) is 10.3. The van der Waals surface area contributed by atoms with Crippen LogP contribution in [0.25, 0.3) is 6.08 Å². The Morgan fingerprint density at radius 1 is 1.12 bits per heavy atom. The van der Waals surface area contributed by atoms with Gasteiger partial charge in [-0.25, -0.2) is 0 Å². The van der Waals surface area contributed by atoms with Crippen LogP contribution < -0.4 is 9.47 Å². The molecule has 0 spiro atoms. The number of carbonyl (C=O) groups is 1. The van der Waals surface area contributed by atoms with Gasteiger partial charge < -0.3 is 9.47 Å². The zero-order chi connectivity index (χ0) is 24.2. The van der Waals surface area contributed by atoms with Crippen LogP contribution in [-0.4, -0.2) is 40.2 Å². The Kier molecular flexibility index (Phi) is 7.17. The summed E-state index contributed by atoms with van der Waals surface area (Å²) in [6, 6.07) is 13.5. The van der Waals surface area contributed by atoms with E-state index in [9.17, 15) is 4.79 Å². The Hall–Kier alpha value is -3.39. The van der Waals surface area contributed by atoms with E-state index in [1.54, 1.807) is 6.08 Å². The van der Waals surface area contributed by atoms with Crippen LogP contribution in [0.1, 0.15) is 37.0 Å². The first kappa shape index (κ1) is 23.8. The lowest BCUT2D eigenvalue weighted by Crippen LogP contribution is -2.35.